The molecule has 29 heavy (non-hydrogen) atoms. The molecule has 1 aliphatic rings. The molecule has 1 saturated heterocycles. The Morgan fingerprint density at radius 1 is 0.966 bits per heavy atom. The van der Waals surface area contributed by atoms with E-state index in [0.29, 0.717) is 12.2 Å². The number of aryl methyl sites for hydroxylation is 1. The highest BCUT2D eigenvalue weighted by Gasteiger charge is 2.18. The molecule has 0 radical (unpaired) electrons. The van der Waals surface area contributed by atoms with Gasteiger partial charge in [0.15, 0.2) is 0 Å². The number of carbonyl (C=O) groups is 1. The number of hydrogen-bond donors (Lipinski definition) is 1. The van der Waals surface area contributed by atoms with E-state index in [9.17, 15) is 4.79 Å². The maximum Gasteiger partial charge on any atom is 0.270 e. The van der Waals surface area contributed by atoms with Gasteiger partial charge >= 0.3 is 0 Å². The fourth-order valence-electron chi connectivity index (χ4n) is 3.53. The molecule has 1 aliphatic heterocycles. The van der Waals surface area contributed by atoms with Gasteiger partial charge < -0.3 is 15.1 Å². The van der Waals surface area contributed by atoms with Crippen molar-refractivity contribution in [1.82, 2.24) is 15.3 Å². The molecule has 2 aromatic heterocycles. The first-order valence-corrected chi connectivity index (χ1v) is 9.89. The van der Waals surface area contributed by atoms with Gasteiger partial charge in [0.1, 0.15) is 5.69 Å². The molecule has 0 bridgehead atoms. The molecule has 0 unspecified atom stereocenters. The first-order valence-electron chi connectivity index (χ1n) is 9.89. The summed E-state index contributed by atoms with van der Waals surface area (Å²) in [6, 6.07) is 16.2. The van der Waals surface area contributed by atoms with Crippen molar-refractivity contribution in [2.24, 2.45) is 0 Å². The maximum atomic E-state index is 12.3. The van der Waals surface area contributed by atoms with Crippen molar-refractivity contribution < 1.29 is 4.79 Å². The number of nitrogens with one attached hydrogen (secondary N) is 1. The van der Waals surface area contributed by atoms with E-state index in [4.69, 9.17) is 0 Å². The Balaban J connectivity index is 1.32. The fraction of sp³-hybridized carbons (Fsp3) is 0.261. The SMILES string of the molecule is Cc1cccc(N2CCN(c3ccc(C(=O)NCc4cccnc4)nc3)CC2)c1. The lowest BCUT2D eigenvalue weighted by Crippen LogP contribution is -2.46. The fourth-order valence-corrected chi connectivity index (χ4v) is 3.53. The summed E-state index contributed by atoms with van der Waals surface area (Å²) >= 11 is 0. The van der Waals surface area contributed by atoms with Gasteiger partial charge in [0, 0.05) is 50.8 Å². The Hall–Kier alpha value is -3.41. The van der Waals surface area contributed by atoms with Crippen molar-refractivity contribution in [1.29, 1.82) is 0 Å². The molecule has 3 aromatic rings. The lowest BCUT2D eigenvalue weighted by Gasteiger charge is -2.37. The summed E-state index contributed by atoms with van der Waals surface area (Å²) in [5.41, 5.74) is 5.01. The molecular formula is C23H25N5O. The zero-order valence-electron chi connectivity index (χ0n) is 16.6. The van der Waals surface area contributed by atoms with Crippen LogP contribution in [0.4, 0.5) is 11.4 Å². The van der Waals surface area contributed by atoms with E-state index in [-0.39, 0.29) is 5.91 Å². The number of carbonyl (C=O) groups excluding carboxylic acids is 1. The highest BCUT2D eigenvalue weighted by Crippen LogP contribution is 2.21. The number of rotatable bonds is 5. The van der Waals surface area contributed by atoms with Crippen LogP contribution in [0.25, 0.3) is 0 Å². The zero-order chi connectivity index (χ0) is 20.1. The number of hydrogen-bond acceptors (Lipinski definition) is 5. The molecule has 0 atom stereocenters. The van der Waals surface area contributed by atoms with Crippen LogP contribution < -0.4 is 15.1 Å². The minimum atomic E-state index is -0.176. The van der Waals surface area contributed by atoms with Crippen LogP contribution in [0, 0.1) is 6.92 Å². The van der Waals surface area contributed by atoms with Gasteiger partial charge in [-0.3, -0.25) is 9.78 Å². The number of anilines is 2. The molecule has 6 heteroatoms. The van der Waals surface area contributed by atoms with E-state index in [1.54, 1.807) is 24.7 Å². The van der Waals surface area contributed by atoms with E-state index in [1.165, 1.54) is 11.3 Å². The van der Waals surface area contributed by atoms with Crippen LogP contribution in [-0.4, -0.2) is 42.1 Å². The van der Waals surface area contributed by atoms with E-state index >= 15 is 0 Å². The molecule has 4 rings (SSSR count). The van der Waals surface area contributed by atoms with E-state index < -0.39 is 0 Å². The van der Waals surface area contributed by atoms with Crippen LogP contribution in [0.1, 0.15) is 21.6 Å². The topological polar surface area (TPSA) is 61.4 Å². The Morgan fingerprint density at radius 3 is 2.41 bits per heavy atom. The van der Waals surface area contributed by atoms with Gasteiger partial charge in [-0.2, -0.15) is 0 Å². The summed E-state index contributed by atoms with van der Waals surface area (Å²) in [6.07, 6.45) is 5.25. The summed E-state index contributed by atoms with van der Waals surface area (Å²) in [4.78, 5) is 25.5. The third-order valence-corrected chi connectivity index (χ3v) is 5.17. The first kappa shape index (κ1) is 18.9. The zero-order valence-corrected chi connectivity index (χ0v) is 16.6. The Kier molecular flexibility index (Phi) is 5.70. The predicted molar refractivity (Wildman–Crippen MR) is 115 cm³/mol. The highest BCUT2D eigenvalue weighted by molar-refractivity contribution is 5.92. The standard InChI is InChI=1S/C23H25N5O/c1-18-4-2-6-20(14-18)27-10-12-28(13-11-27)21-7-8-22(25-17-21)23(29)26-16-19-5-3-9-24-15-19/h2-9,14-15,17H,10-13,16H2,1H3,(H,26,29). The third-order valence-electron chi connectivity index (χ3n) is 5.17. The van der Waals surface area contributed by atoms with Gasteiger partial charge in [-0.1, -0.05) is 18.2 Å². The molecule has 148 valence electrons. The normalized spacial score (nSPS) is 14.0. The monoisotopic (exact) mass is 387 g/mol. The molecule has 1 fully saturated rings. The summed E-state index contributed by atoms with van der Waals surface area (Å²) in [6.45, 7) is 6.37. The Morgan fingerprint density at radius 2 is 1.76 bits per heavy atom. The lowest BCUT2D eigenvalue weighted by molar-refractivity contribution is 0.0946. The van der Waals surface area contributed by atoms with Crippen molar-refractivity contribution >= 4 is 17.3 Å². The Labute approximate surface area is 171 Å². The van der Waals surface area contributed by atoms with Crippen molar-refractivity contribution in [2.75, 3.05) is 36.0 Å². The van der Waals surface area contributed by atoms with E-state index in [2.05, 4.69) is 56.3 Å². The number of piperazine rings is 1. The number of amides is 1. The van der Waals surface area contributed by atoms with Gasteiger partial charge in [-0.05, 0) is 48.4 Å². The van der Waals surface area contributed by atoms with Crippen molar-refractivity contribution in [3.8, 4) is 0 Å². The largest absolute Gasteiger partial charge is 0.368 e. The van der Waals surface area contributed by atoms with Crippen LogP contribution in [0.2, 0.25) is 0 Å². The summed E-state index contributed by atoms with van der Waals surface area (Å²) in [5.74, 6) is -0.176. The van der Waals surface area contributed by atoms with Gasteiger partial charge in [0.05, 0.1) is 11.9 Å². The minimum Gasteiger partial charge on any atom is -0.368 e. The number of benzene rings is 1. The van der Waals surface area contributed by atoms with E-state index in [1.807, 2.05) is 18.2 Å². The van der Waals surface area contributed by atoms with Crippen LogP contribution in [0.15, 0.2) is 67.1 Å². The molecule has 0 spiro atoms. The number of pyridine rings is 2. The van der Waals surface area contributed by atoms with Crippen molar-refractivity contribution in [3.63, 3.8) is 0 Å². The molecule has 3 heterocycles. The summed E-state index contributed by atoms with van der Waals surface area (Å²) in [5, 5.41) is 2.88. The number of aromatic nitrogens is 2. The van der Waals surface area contributed by atoms with Gasteiger partial charge in [0.2, 0.25) is 0 Å². The summed E-state index contributed by atoms with van der Waals surface area (Å²) in [7, 11) is 0. The van der Waals surface area contributed by atoms with Gasteiger partial charge in [-0.25, -0.2) is 4.98 Å². The van der Waals surface area contributed by atoms with Crippen LogP contribution in [0.5, 0.6) is 0 Å². The molecule has 1 N–H and O–H groups in total. The molecule has 6 nitrogen and oxygen atoms in total. The quantitative estimate of drug-likeness (QED) is 0.729. The lowest BCUT2D eigenvalue weighted by atomic mass is 10.2. The average molecular weight is 387 g/mol. The summed E-state index contributed by atoms with van der Waals surface area (Å²) < 4.78 is 0. The second kappa shape index (κ2) is 8.73. The second-order valence-corrected chi connectivity index (χ2v) is 7.26. The predicted octanol–water partition coefficient (Wildman–Crippen LogP) is 3.04. The molecular weight excluding hydrogens is 362 g/mol. The third kappa shape index (κ3) is 4.71. The molecule has 1 amide bonds. The number of nitrogens with zero attached hydrogens (tertiary/aromatic N) is 4. The molecule has 0 aliphatic carbocycles. The maximum absolute atomic E-state index is 12.3. The van der Waals surface area contributed by atoms with Crippen molar-refractivity contribution in [3.05, 3.63) is 83.9 Å². The second-order valence-electron chi connectivity index (χ2n) is 7.26. The highest BCUT2D eigenvalue weighted by atomic mass is 16.1. The minimum absolute atomic E-state index is 0.176. The van der Waals surface area contributed by atoms with Gasteiger partial charge in [0.25, 0.3) is 5.91 Å². The van der Waals surface area contributed by atoms with Crippen LogP contribution in [-0.2, 0) is 6.54 Å². The van der Waals surface area contributed by atoms with Crippen molar-refractivity contribution in [2.45, 2.75) is 13.5 Å². The average Bonchev–Trinajstić information content (AvgIpc) is 2.78. The molecule has 0 saturated carbocycles. The molecule has 1 aromatic carbocycles. The first-order chi connectivity index (χ1) is 14.2. The Bertz CT molecular complexity index is 951. The van der Waals surface area contributed by atoms with Crippen LogP contribution in [0.3, 0.4) is 0 Å². The van der Waals surface area contributed by atoms with E-state index in [0.717, 1.165) is 37.4 Å². The van der Waals surface area contributed by atoms with Crippen LogP contribution >= 0.6 is 0 Å². The van der Waals surface area contributed by atoms with Gasteiger partial charge in [-0.15, -0.1) is 0 Å². The smallest absolute Gasteiger partial charge is 0.270 e.